The largest absolute Gasteiger partial charge is 0.225 e. The molecule has 2 rings (SSSR count). The molecular weight excluding hydrogens is 202 g/mol. The number of hydrogen-bond donors (Lipinski definition) is 0. The van der Waals surface area contributed by atoms with E-state index in [2.05, 4.69) is 21.6 Å². The van der Waals surface area contributed by atoms with Crippen molar-refractivity contribution in [2.45, 2.75) is 19.9 Å². The minimum absolute atomic E-state index is 0.542. The van der Waals surface area contributed by atoms with E-state index in [4.69, 9.17) is 5.26 Å². The van der Waals surface area contributed by atoms with Crippen molar-refractivity contribution in [1.29, 1.82) is 5.26 Å². The van der Waals surface area contributed by atoms with Gasteiger partial charge in [0.25, 0.3) is 0 Å². The van der Waals surface area contributed by atoms with Gasteiger partial charge in [-0.1, -0.05) is 25.1 Å². The van der Waals surface area contributed by atoms with Crippen LogP contribution in [0.1, 0.15) is 23.9 Å². The maximum absolute atomic E-state index is 8.96. The summed E-state index contributed by atoms with van der Waals surface area (Å²) in [6, 6.07) is 9.64. The number of aromatic nitrogens is 4. The molecule has 0 saturated heterocycles. The van der Waals surface area contributed by atoms with Crippen molar-refractivity contribution in [2.75, 3.05) is 0 Å². The van der Waals surface area contributed by atoms with Crippen LogP contribution in [0.2, 0.25) is 0 Å². The van der Waals surface area contributed by atoms with Gasteiger partial charge in [0, 0.05) is 6.42 Å². The Morgan fingerprint density at radius 2 is 2.19 bits per heavy atom. The molecule has 0 saturated carbocycles. The zero-order valence-electron chi connectivity index (χ0n) is 8.96. The second-order valence-electron chi connectivity index (χ2n) is 3.38. The van der Waals surface area contributed by atoms with E-state index in [1.807, 2.05) is 25.1 Å². The van der Waals surface area contributed by atoms with Crippen molar-refractivity contribution in [1.82, 2.24) is 20.2 Å². The second kappa shape index (κ2) is 4.53. The Kier molecular flexibility index (Phi) is 2.92. The minimum Gasteiger partial charge on any atom is -0.225 e. The molecule has 0 unspecified atom stereocenters. The first-order valence-corrected chi connectivity index (χ1v) is 5.08. The fourth-order valence-corrected chi connectivity index (χ4v) is 1.53. The summed E-state index contributed by atoms with van der Waals surface area (Å²) < 4.78 is 1.72. The van der Waals surface area contributed by atoms with Crippen LogP contribution < -0.4 is 0 Å². The predicted octanol–water partition coefficient (Wildman–Crippen LogP) is 1.16. The molecule has 5 nitrogen and oxygen atoms in total. The van der Waals surface area contributed by atoms with Crippen LogP contribution in [-0.4, -0.2) is 20.2 Å². The van der Waals surface area contributed by atoms with Crippen molar-refractivity contribution in [3.8, 4) is 6.07 Å². The molecule has 1 heterocycles. The lowest BCUT2D eigenvalue weighted by atomic mass is 10.1. The van der Waals surface area contributed by atoms with Gasteiger partial charge in [-0.3, -0.25) is 0 Å². The molecule has 0 aliphatic heterocycles. The molecule has 80 valence electrons. The number of aryl methyl sites for hydroxylation is 1. The molecule has 0 aliphatic carbocycles. The minimum atomic E-state index is 0.542. The maximum Gasteiger partial charge on any atom is 0.151 e. The average Bonchev–Trinajstić information content (AvgIpc) is 2.77. The van der Waals surface area contributed by atoms with Crippen molar-refractivity contribution < 1.29 is 0 Å². The van der Waals surface area contributed by atoms with Crippen molar-refractivity contribution in [2.24, 2.45) is 0 Å². The quantitative estimate of drug-likeness (QED) is 0.767. The van der Waals surface area contributed by atoms with Crippen molar-refractivity contribution in [3.63, 3.8) is 0 Å². The Morgan fingerprint density at radius 1 is 1.38 bits per heavy atom. The van der Waals surface area contributed by atoms with E-state index in [1.54, 1.807) is 10.7 Å². The number of nitrogens with zero attached hydrogens (tertiary/aromatic N) is 5. The van der Waals surface area contributed by atoms with E-state index in [-0.39, 0.29) is 0 Å². The lowest BCUT2D eigenvalue weighted by molar-refractivity contribution is 0.621. The lowest BCUT2D eigenvalue weighted by Crippen LogP contribution is -2.07. The molecule has 0 fully saturated rings. The second-order valence-corrected chi connectivity index (χ2v) is 3.38. The molecule has 0 atom stereocenters. The fraction of sp³-hybridized carbons (Fsp3) is 0.273. The molecule has 0 spiro atoms. The molecule has 0 bridgehead atoms. The highest BCUT2D eigenvalue weighted by atomic mass is 15.5. The first-order valence-electron chi connectivity index (χ1n) is 5.08. The molecule has 0 N–H and O–H groups in total. The monoisotopic (exact) mass is 213 g/mol. The maximum atomic E-state index is 8.96. The van der Waals surface area contributed by atoms with Gasteiger partial charge in [-0.2, -0.15) is 5.26 Å². The van der Waals surface area contributed by atoms with E-state index in [9.17, 15) is 0 Å². The van der Waals surface area contributed by atoms with Gasteiger partial charge in [0.05, 0.1) is 18.2 Å². The van der Waals surface area contributed by atoms with Gasteiger partial charge in [-0.05, 0) is 22.1 Å². The first-order chi connectivity index (χ1) is 7.85. The predicted molar refractivity (Wildman–Crippen MR) is 57.5 cm³/mol. The third-order valence-electron chi connectivity index (χ3n) is 2.38. The van der Waals surface area contributed by atoms with Crippen LogP contribution in [0.4, 0.5) is 0 Å². The van der Waals surface area contributed by atoms with E-state index in [0.29, 0.717) is 12.1 Å². The standard InChI is InChI=1S/C11H11N5/c1-2-11-13-14-15-16(11)8-10-6-4-3-5-9(10)7-12/h3-6H,2,8H2,1H3. The Hall–Kier alpha value is -2.22. The zero-order chi connectivity index (χ0) is 11.4. The number of rotatable bonds is 3. The van der Waals surface area contributed by atoms with Crippen LogP contribution in [0.15, 0.2) is 24.3 Å². The molecule has 1 aromatic carbocycles. The molecule has 0 amide bonds. The Labute approximate surface area is 93.3 Å². The summed E-state index contributed by atoms with van der Waals surface area (Å²) >= 11 is 0. The molecule has 16 heavy (non-hydrogen) atoms. The van der Waals surface area contributed by atoms with Gasteiger partial charge >= 0.3 is 0 Å². The van der Waals surface area contributed by atoms with E-state index in [1.165, 1.54) is 0 Å². The van der Waals surface area contributed by atoms with Crippen LogP contribution in [0, 0.1) is 11.3 Å². The van der Waals surface area contributed by atoms with Gasteiger partial charge in [0.2, 0.25) is 0 Å². The van der Waals surface area contributed by atoms with E-state index < -0.39 is 0 Å². The van der Waals surface area contributed by atoms with Gasteiger partial charge in [0.1, 0.15) is 0 Å². The molecule has 2 aromatic rings. The summed E-state index contributed by atoms with van der Waals surface area (Å²) in [5.41, 5.74) is 1.60. The highest BCUT2D eigenvalue weighted by Gasteiger charge is 2.06. The van der Waals surface area contributed by atoms with Crippen molar-refractivity contribution >= 4 is 0 Å². The average molecular weight is 213 g/mol. The number of tetrazole rings is 1. The lowest BCUT2D eigenvalue weighted by Gasteiger charge is -2.04. The zero-order valence-corrected chi connectivity index (χ0v) is 8.96. The van der Waals surface area contributed by atoms with Gasteiger partial charge < -0.3 is 0 Å². The molecule has 5 heteroatoms. The summed E-state index contributed by atoms with van der Waals surface area (Å²) in [5.74, 6) is 0.827. The molecule has 0 radical (unpaired) electrons. The highest BCUT2D eigenvalue weighted by Crippen LogP contribution is 2.09. The summed E-state index contributed by atoms with van der Waals surface area (Å²) in [5, 5.41) is 20.4. The summed E-state index contributed by atoms with van der Waals surface area (Å²) in [6.45, 7) is 2.54. The summed E-state index contributed by atoms with van der Waals surface area (Å²) in [7, 11) is 0. The summed E-state index contributed by atoms with van der Waals surface area (Å²) in [4.78, 5) is 0. The van der Waals surface area contributed by atoms with Crippen LogP contribution in [-0.2, 0) is 13.0 Å². The van der Waals surface area contributed by atoms with E-state index >= 15 is 0 Å². The first kappa shape index (κ1) is 10.3. The Balaban J connectivity index is 2.31. The molecule has 0 aliphatic rings. The summed E-state index contributed by atoms with van der Waals surface area (Å²) in [6.07, 6.45) is 0.779. The normalized spacial score (nSPS) is 10.0. The van der Waals surface area contributed by atoms with Gasteiger partial charge in [-0.25, -0.2) is 4.68 Å². The third-order valence-corrected chi connectivity index (χ3v) is 2.38. The Bertz CT molecular complexity index is 523. The van der Waals surface area contributed by atoms with Gasteiger partial charge in [-0.15, -0.1) is 5.10 Å². The molecule has 1 aromatic heterocycles. The smallest absolute Gasteiger partial charge is 0.151 e. The Morgan fingerprint density at radius 3 is 2.94 bits per heavy atom. The van der Waals surface area contributed by atoms with Crippen LogP contribution in [0.5, 0.6) is 0 Å². The van der Waals surface area contributed by atoms with Crippen LogP contribution in [0.3, 0.4) is 0 Å². The third kappa shape index (κ3) is 1.91. The number of benzene rings is 1. The number of hydrogen-bond acceptors (Lipinski definition) is 4. The fourth-order valence-electron chi connectivity index (χ4n) is 1.53. The number of nitriles is 1. The molecular formula is C11H11N5. The SMILES string of the molecule is CCc1nnnn1Cc1ccccc1C#N. The van der Waals surface area contributed by atoms with Gasteiger partial charge in [0.15, 0.2) is 5.82 Å². The topological polar surface area (TPSA) is 67.4 Å². The van der Waals surface area contributed by atoms with Crippen LogP contribution in [0.25, 0.3) is 0 Å². The highest BCUT2D eigenvalue weighted by molar-refractivity contribution is 5.37. The van der Waals surface area contributed by atoms with Crippen LogP contribution >= 0.6 is 0 Å². The van der Waals surface area contributed by atoms with E-state index in [0.717, 1.165) is 17.8 Å². The van der Waals surface area contributed by atoms with Crippen molar-refractivity contribution in [3.05, 3.63) is 41.2 Å².